The van der Waals surface area contributed by atoms with E-state index in [1.165, 1.54) is 30.8 Å². The van der Waals surface area contributed by atoms with Crippen molar-refractivity contribution in [2.45, 2.75) is 12.8 Å². The summed E-state index contributed by atoms with van der Waals surface area (Å²) in [6.45, 7) is 4.18. The van der Waals surface area contributed by atoms with Crippen LogP contribution in [0.15, 0.2) is 66.7 Å². The molecular weight excluding hydrogens is 454 g/mol. The third kappa shape index (κ3) is 4.62. The van der Waals surface area contributed by atoms with Gasteiger partial charge in [0.15, 0.2) is 0 Å². The maximum absolute atomic E-state index is 13.5. The molecule has 1 N–H and O–H groups in total. The summed E-state index contributed by atoms with van der Waals surface area (Å²) in [5.41, 5.74) is 2.25. The number of phenols is 1. The van der Waals surface area contributed by atoms with Crippen LogP contribution in [0.25, 0.3) is 21.2 Å². The molecule has 0 bridgehead atoms. The lowest BCUT2D eigenvalue weighted by Gasteiger charge is -2.30. The summed E-state index contributed by atoms with van der Waals surface area (Å²) in [6.07, 6.45) is 2.32. The van der Waals surface area contributed by atoms with Crippen LogP contribution in [-0.4, -0.2) is 42.0 Å². The molecule has 1 aromatic heterocycles. The zero-order chi connectivity index (χ0) is 22.8. The molecule has 0 atom stereocenters. The number of rotatable bonds is 8. The van der Waals surface area contributed by atoms with Crippen molar-refractivity contribution in [2.24, 2.45) is 0 Å². The Morgan fingerprint density at radius 2 is 1.85 bits per heavy atom. The number of hydrogen-bond donors (Lipinski definition) is 1. The van der Waals surface area contributed by atoms with E-state index < -0.39 is 0 Å². The van der Waals surface area contributed by atoms with Gasteiger partial charge < -0.3 is 14.7 Å². The maximum atomic E-state index is 13.5. The van der Waals surface area contributed by atoms with Gasteiger partial charge in [-0.15, -0.1) is 11.3 Å². The van der Waals surface area contributed by atoms with E-state index in [1.807, 2.05) is 42.5 Å². The van der Waals surface area contributed by atoms with Crippen LogP contribution >= 0.6 is 22.9 Å². The van der Waals surface area contributed by atoms with Crippen molar-refractivity contribution in [3.63, 3.8) is 0 Å². The van der Waals surface area contributed by atoms with Crippen molar-refractivity contribution in [3.05, 3.63) is 82.2 Å². The van der Waals surface area contributed by atoms with Gasteiger partial charge in [0.05, 0.1) is 16.5 Å². The van der Waals surface area contributed by atoms with E-state index in [-0.39, 0.29) is 11.5 Å². The zero-order valence-electron chi connectivity index (χ0n) is 18.1. The Hall–Kier alpha value is -2.86. The Balaban J connectivity index is 1.44. The number of halogens is 1. The molecular formula is C27H24ClNO3S. The van der Waals surface area contributed by atoms with E-state index in [4.69, 9.17) is 16.3 Å². The summed E-state index contributed by atoms with van der Waals surface area (Å²) >= 11 is 7.70. The first-order valence-electron chi connectivity index (χ1n) is 11.1. The number of benzene rings is 3. The number of fused-ring (bicyclic) bond motifs is 1. The lowest BCUT2D eigenvalue weighted by molar-refractivity contribution is 0.104. The highest BCUT2D eigenvalue weighted by Gasteiger charge is 2.23. The minimum absolute atomic E-state index is 0.123. The van der Waals surface area contributed by atoms with E-state index in [9.17, 15) is 9.90 Å². The normalized spacial score (nSPS) is 13.7. The summed E-state index contributed by atoms with van der Waals surface area (Å²) in [7, 11) is 0. The number of ketones is 1. The minimum Gasteiger partial charge on any atom is -0.508 e. The van der Waals surface area contributed by atoms with Gasteiger partial charge in [-0.2, -0.15) is 0 Å². The van der Waals surface area contributed by atoms with Crippen molar-refractivity contribution >= 4 is 38.8 Å². The number of ether oxygens (including phenoxy) is 1. The Bertz CT molecular complexity index is 1290. The summed E-state index contributed by atoms with van der Waals surface area (Å²) in [6, 6.07) is 20.2. The highest BCUT2D eigenvalue weighted by molar-refractivity contribution is 7.21. The van der Waals surface area contributed by atoms with E-state index >= 15 is 0 Å². The number of phenolic OH excluding ortho intramolecular Hbond substituents is 1. The van der Waals surface area contributed by atoms with Gasteiger partial charge >= 0.3 is 0 Å². The fraction of sp³-hybridized carbons (Fsp3) is 0.222. The molecule has 1 saturated heterocycles. The van der Waals surface area contributed by atoms with Crippen molar-refractivity contribution < 1.29 is 14.6 Å². The van der Waals surface area contributed by atoms with Gasteiger partial charge in [-0.25, -0.2) is 0 Å². The third-order valence-electron chi connectivity index (χ3n) is 5.98. The summed E-state index contributed by atoms with van der Waals surface area (Å²) in [5, 5.41) is 11.3. The van der Waals surface area contributed by atoms with Crippen molar-refractivity contribution in [3.8, 4) is 22.6 Å². The fourth-order valence-electron chi connectivity index (χ4n) is 4.10. The molecule has 0 unspecified atom stereocenters. The van der Waals surface area contributed by atoms with Crippen LogP contribution in [0.1, 0.15) is 28.1 Å². The number of nitrogens with zero attached hydrogens (tertiary/aromatic N) is 1. The van der Waals surface area contributed by atoms with Crippen LogP contribution in [-0.2, 0) is 0 Å². The fourth-order valence-corrected chi connectivity index (χ4v) is 5.53. The Morgan fingerprint density at radius 1 is 1.06 bits per heavy atom. The molecule has 4 aromatic rings. The number of carbonyl (C=O) groups excluding carboxylic acids is 1. The Kier molecular flexibility index (Phi) is 6.36. The molecule has 0 spiro atoms. The van der Waals surface area contributed by atoms with Gasteiger partial charge in [-0.05, 0) is 74.0 Å². The first kappa shape index (κ1) is 22.0. The van der Waals surface area contributed by atoms with Crippen LogP contribution in [0.4, 0.5) is 0 Å². The molecule has 168 valence electrons. The van der Waals surface area contributed by atoms with Crippen LogP contribution < -0.4 is 4.74 Å². The topological polar surface area (TPSA) is 49.8 Å². The van der Waals surface area contributed by atoms with Crippen LogP contribution in [0.3, 0.4) is 0 Å². The highest BCUT2D eigenvalue weighted by atomic mass is 35.5. The largest absolute Gasteiger partial charge is 0.508 e. The molecule has 1 fully saturated rings. The standard InChI is InChI=1S/C27H24ClNO3S/c28-23-6-2-1-5-21(23)26(31)27-25(22-12-9-19(30)17-24(22)33-27)18-7-10-20(11-8-18)32-16-4-15-29-13-3-14-29/h1-2,5-12,17,30H,3-4,13-16H2. The monoisotopic (exact) mass is 477 g/mol. The number of aromatic hydroxyl groups is 1. The van der Waals surface area contributed by atoms with Gasteiger partial charge in [0.1, 0.15) is 11.5 Å². The second-order valence-electron chi connectivity index (χ2n) is 8.22. The van der Waals surface area contributed by atoms with Gasteiger partial charge in [-0.1, -0.05) is 35.9 Å². The van der Waals surface area contributed by atoms with Gasteiger partial charge in [0.25, 0.3) is 0 Å². The van der Waals surface area contributed by atoms with E-state index in [1.54, 1.807) is 24.3 Å². The van der Waals surface area contributed by atoms with Crippen molar-refractivity contribution in [1.82, 2.24) is 4.90 Å². The predicted molar refractivity (Wildman–Crippen MR) is 135 cm³/mol. The quantitative estimate of drug-likeness (QED) is 0.228. The first-order valence-corrected chi connectivity index (χ1v) is 12.3. The average molecular weight is 478 g/mol. The minimum atomic E-state index is -0.123. The van der Waals surface area contributed by atoms with Crippen molar-refractivity contribution in [2.75, 3.05) is 26.2 Å². The zero-order valence-corrected chi connectivity index (χ0v) is 19.7. The molecule has 4 nitrogen and oxygen atoms in total. The first-order chi connectivity index (χ1) is 16.1. The second-order valence-corrected chi connectivity index (χ2v) is 9.68. The van der Waals surface area contributed by atoms with Gasteiger partial charge in [-0.3, -0.25) is 4.79 Å². The number of thiophene rings is 1. The van der Waals surface area contributed by atoms with Gasteiger partial charge in [0, 0.05) is 27.8 Å². The molecule has 0 saturated carbocycles. The molecule has 0 aliphatic carbocycles. The number of likely N-dealkylation sites (tertiary alicyclic amines) is 1. The van der Waals surface area contributed by atoms with Crippen molar-refractivity contribution in [1.29, 1.82) is 0 Å². The smallest absolute Gasteiger partial charge is 0.205 e. The lowest BCUT2D eigenvalue weighted by Crippen LogP contribution is -2.38. The molecule has 0 radical (unpaired) electrons. The van der Waals surface area contributed by atoms with E-state index in [0.29, 0.717) is 22.1 Å². The van der Waals surface area contributed by atoms with Gasteiger partial charge in [0.2, 0.25) is 5.78 Å². The SMILES string of the molecule is O=C(c1ccccc1Cl)c1sc2cc(O)ccc2c1-c1ccc(OCCCN2CCC2)cc1. The molecule has 0 amide bonds. The summed E-state index contributed by atoms with van der Waals surface area (Å²) in [4.78, 5) is 16.5. The molecule has 1 aliphatic heterocycles. The lowest BCUT2D eigenvalue weighted by atomic mass is 9.98. The Morgan fingerprint density at radius 3 is 2.58 bits per heavy atom. The van der Waals surface area contributed by atoms with Crippen LogP contribution in [0, 0.1) is 0 Å². The molecule has 2 heterocycles. The van der Waals surface area contributed by atoms with Crippen LogP contribution in [0.5, 0.6) is 11.5 Å². The number of carbonyl (C=O) groups is 1. The third-order valence-corrected chi connectivity index (χ3v) is 7.46. The summed E-state index contributed by atoms with van der Waals surface area (Å²) < 4.78 is 6.78. The predicted octanol–water partition coefficient (Wildman–Crippen LogP) is 6.63. The molecule has 3 aromatic carbocycles. The molecule has 5 rings (SSSR count). The maximum Gasteiger partial charge on any atom is 0.205 e. The molecule has 1 aliphatic rings. The summed E-state index contributed by atoms with van der Waals surface area (Å²) in [5.74, 6) is 0.871. The highest BCUT2D eigenvalue weighted by Crippen LogP contribution is 2.42. The average Bonchev–Trinajstić information content (AvgIpc) is 3.16. The number of hydrogen-bond acceptors (Lipinski definition) is 5. The second kappa shape index (κ2) is 9.56. The van der Waals surface area contributed by atoms with E-state index in [0.717, 1.165) is 39.9 Å². The molecule has 33 heavy (non-hydrogen) atoms. The Labute approximate surface area is 202 Å². The molecule has 6 heteroatoms. The van der Waals surface area contributed by atoms with E-state index in [2.05, 4.69) is 4.90 Å². The van der Waals surface area contributed by atoms with Crippen LogP contribution in [0.2, 0.25) is 5.02 Å².